The van der Waals surface area contributed by atoms with Crippen LogP contribution < -0.4 is 0 Å². The molecule has 0 heterocycles. The van der Waals surface area contributed by atoms with E-state index in [0.29, 0.717) is 0 Å². The van der Waals surface area contributed by atoms with E-state index in [4.69, 9.17) is 0 Å². The molecule has 0 aliphatic heterocycles. The monoisotopic (exact) mass is 110 g/mol. The molecule has 0 aromatic heterocycles. The van der Waals surface area contributed by atoms with Crippen LogP contribution in [0.5, 0.6) is 0 Å². The van der Waals surface area contributed by atoms with Gasteiger partial charge in [-0.05, 0) is 26.2 Å². The summed E-state index contributed by atoms with van der Waals surface area (Å²) in [6.07, 6.45) is 9.82. The average molecular weight is 110 g/mol. The van der Waals surface area contributed by atoms with Gasteiger partial charge in [-0.2, -0.15) is 0 Å². The van der Waals surface area contributed by atoms with Crippen molar-refractivity contribution in [1.29, 1.82) is 0 Å². The van der Waals surface area contributed by atoms with E-state index in [-0.39, 0.29) is 0 Å². The minimum absolute atomic E-state index is 1.14. The zero-order valence-corrected chi connectivity index (χ0v) is 5.56. The van der Waals surface area contributed by atoms with E-state index >= 15 is 0 Å². The molecular weight excluding hydrogens is 96.1 g/mol. The Morgan fingerprint density at radius 2 is 2.12 bits per heavy atom. The summed E-state index contributed by atoms with van der Waals surface area (Å²) in [6.45, 7) is 5.68. The minimum atomic E-state index is 1.14. The third-order valence-corrected chi connectivity index (χ3v) is 1.01. The first kappa shape index (κ1) is 7.48. The van der Waals surface area contributed by atoms with Crippen LogP contribution in [0.1, 0.15) is 26.2 Å². The van der Waals surface area contributed by atoms with Crippen LogP contribution >= 0.6 is 0 Å². The zero-order valence-electron chi connectivity index (χ0n) is 5.56. The molecule has 0 saturated heterocycles. The molecule has 0 aromatic carbocycles. The Morgan fingerprint density at radius 3 is 2.62 bits per heavy atom. The first-order chi connectivity index (χ1) is 3.91. The van der Waals surface area contributed by atoms with Gasteiger partial charge in [-0.1, -0.05) is 18.2 Å². The smallest absolute Gasteiger partial charge is 0.0348 e. The van der Waals surface area contributed by atoms with Crippen molar-refractivity contribution in [3.05, 3.63) is 24.8 Å². The Balaban J connectivity index is 2.82. The Bertz CT molecular complexity index is 70.1. The fourth-order valence-corrected chi connectivity index (χ4v) is 0.547. The molecule has 0 unspecified atom stereocenters. The molecule has 0 heteroatoms. The van der Waals surface area contributed by atoms with Crippen LogP contribution in [-0.2, 0) is 0 Å². The van der Waals surface area contributed by atoms with Gasteiger partial charge in [0.2, 0.25) is 0 Å². The van der Waals surface area contributed by atoms with Crippen LogP contribution in [-0.4, -0.2) is 0 Å². The van der Waals surface area contributed by atoms with Crippen LogP contribution in [0.3, 0.4) is 0 Å². The van der Waals surface area contributed by atoms with Gasteiger partial charge >= 0.3 is 0 Å². The maximum Gasteiger partial charge on any atom is -0.0348 e. The summed E-state index contributed by atoms with van der Waals surface area (Å²) in [7, 11) is 0. The quantitative estimate of drug-likeness (QED) is 0.385. The Kier molecular flexibility index (Phi) is 6.06. The van der Waals surface area contributed by atoms with Gasteiger partial charge in [0.25, 0.3) is 0 Å². The van der Waals surface area contributed by atoms with E-state index in [0.717, 1.165) is 6.42 Å². The normalized spacial score (nSPS) is 10.1. The van der Waals surface area contributed by atoms with Crippen molar-refractivity contribution in [3.8, 4) is 0 Å². The van der Waals surface area contributed by atoms with Crippen molar-refractivity contribution >= 4 is 0 Å². The number of hydrogen-bond donors (Lipinski definition) is 0. The van der Waals surface area contributed by atoms with Gasteiger partial charge in [-0.15, -0.1) is 6.58 Å². The van der Waals surface area contributed by atoms with E-state index in [1.807, 2.05) is 13.0 Å². The van der Waals surface area contributed by atoms with Gasteiger partial charge in [-0.3, -0.25) is 0 Å². The number of allylic oxidation sites excluding steroid dienone is 3. The molecule has 8 heavy (non-hydrogen) atoms. The summed E-state index contributed by atoms with van der Waals surface area (Å²) in [5, 5.41) is 0. The van der Waals surface area contributed by atoms with Gasteiger partial charge in [-0.25, -0.2) is 0 Å². The van der Waals surface area contributed by atoms with E-state index in [1.165, 1.54) is 12.8 Å². The van der Waals surface area contributed by atoms with Crippen molar-refractivity contribution in [3.63, 3.8) is 0 Å². The molecular formula is C8H14. The highest BCUT2D eigenvalue weighted by Gasteiger charge is 1.75. The third kappa shape index (κ3) is 5.48. The second-order valence-electron chi connectivity index (χ2n) is 1.79. The lowest BCUT2D eigenvalue weighted by molar-refractivity contribution is 0.869. The minimum Gasteiger partial charge on any atom is -0.103 e. The molecule has 0 bridgehead atoms. The van der Waals surface area contributed by atoms with Crippen molar-refractivity contribution in [2.75, 3.05) is 0 Å². The van der Waals surface area contributed by atoms with Crippen molar-refractivity contribution in [1.82, 2.24) is 0 Å². The molecule has 0 aliphatic rings. The van der Waals surface area contributed by atoms with Gasteiger partial charge in [0.1, 0.15) is 0 Å². The number of rotatable bonds is 4. The Morgan fingerprint density at radius 1 is 1.38 bits per heavy atom. The van der Waals surface area contributed by atoms with Crippen molar-refractivity contribution in [2.45, 2.75) is 26.2 Å². The van der Waals surface area contributed by atoms with Crippen LogP contribution in [0.25, 0.3) is 0 Å². The van der Waals surface area contributed by atoms with Crippen LogP contribution in [0.2, 0.25) is 0 Å². The fourth-order valence-electron chi connectivity index (χ4n) is 0.547. The average Bonchev–Trinajstić information content (AvgIpc) is 1.81. The first-order valence-electron chi connectivity index (χ1n) is 3.14. The highest BCUT2D eigenvalue weighted by atomic mass is 13.8. The lowest BCUT2D eigenvalue weighted by atomic mass is 10.2. The molecule has 0 saturated carbocycles. The van der Waals surface area contributed by atoms with Crippen LogP contribution in [0, 0.1) is 0 Å². The van der Waals surface area contributed by atoms with E-state index < -0.39 is 0 Å². The van der Waals surface area contributed by atoms with Crippen molar-refractivity contribution < 1.29 is 0 Å². The fraction of sp³-hybridized carbons (Fsp3) is 0.500. The third-order valence-electron chi connectivity index (χ3n) is 1.01. The highest BCUT2D eigenvalue weighted by Crippen LogP contribution is 1.95. The van der Waals surface area contributed by atoms with Crippen LogP contribution in [0.4, 0.5) is 0 Å². The summed E-state index contributed by atoms with van der Waals surface area (Å²) >= 11 is 0. The summed E-state index contributed by atoms with van der Waals surface area (Å²) in [4.78, 5) is 0. The molecule has 0 aromatic rings. The van der Waals surface area contributed by atoms with Crippen LogP contribution in [0.15, 0.2) is 24.8 Å². The SMILES string of the molecule is C=CCCC/C=C/C. The molecule has 0 spiro atoms. The van der Waals surface area contributed by atoms with E-state index in [9.17, 15) is 0 Å². The molecule has 0 aliphatic carbocycles. The molecule has 0 nitrogen and oxygen atoms in total. The second kappa shape index (κ2) is 6.48. The molecule has 46 valence electrons. The topological polar surface area (TPSA) is 0 Å². The van der Waals surface area contributed by atoms with Gasteiger partial charge in [0.15, 0.2) is 0 Å². The maximum atomic E-state index is 3.63. The summed E-state index contributed by atoms with van der Waals surface area (Å²) < 4.78 is 0. The molecule has 0 fully saturated rings. The molecule has 0 N–H and O–H groups in total. The standard InChI is InChI=1S/C8H14/c1-3-5-7-8-6-4-2/h3-4,6H,1,5,7-8H2,2H3/b6-4+. The van der Waals surface area contributed by atoms with E-state index in [2.05, 4.69) is 18.7 Å². The Hall–Kier alpha value is -0.520. The second-order valence-corrected chi connectivity index (χ2v) is 1.79. The van der Waals surface area contributed by atoms with Gasteiger partial charge in [0, 0.05) is 0 Å². The Labute approximate surface area is 51.9 Å². The highest BCUT2D eigenvalue weighted by molar-refractivity contribution is 4.78. The molecule has 0 atom stereocenters. The lowest BCUT2D eigenvalue weighted by Gasteiger charge is -1.85. The van der Waals surface area contributed by atoms with Gasteiger partial charge < -0.3 is 0 Å². The summed E-state index contributed by atoms with van der Waals surface area (Å²) in [5.41, 5.74) is 0. The lowest BCUT2D eigenvalue weighted by Crippen LogP contribution is -1.65. The summed E-state index contributed by atoms with van der Waals surface area (Å²) in [6, 6.07) is 0. The first-order valence-corrected chi connectivity index (χ1v) is 3.14. The van der Waals surface area contributed by atoms with Crippen molar-refractivity contribution in [2.24, 2.45) is 0 Å². The maximum absolute atomic E-state index is 3.63. The van der Waals surface area contributed by atoms with Gasteiger partial charge in [0.05, 0.1) is 0 Å². The predicted octanol–water partition coefficient (Wildman–Crippen LogP) is 2.92. The largest absolute Gasteiger partial charge is 0.103 e. The summed E-state index contributed by atoms with van der Waals surface area (Å²) in [5.74, 6) is 0. The molecule has 0 rings (SSSR count). The molecule has 0 radical (unpaired) electrons. The predicted molar refractivity (Wildman–Crippen MR) is 38.9 cm³/mol. The zero-order chi connectivity index (χ0) is 6.24. The number of hydrogen-bond acceptors (Lipinski definition) is 0. The van der Waals surface area contributed by atoms with E-state index in [1.54, 1.807) is 0 Å². The molecule has 0 amide bonds. The number of unbranched alkanes of at least 4 members (excludes halogenated alkanes) is 2.